The summed E-state index contributed by atoms with van der Waals surface area (Å²) in [5.74, 6) is -0.150. The Balaban J connectivity index is 2.15. The smallest absolute Gasteiger partial charge is 0.187 e. The third kappa shape index (κ3) is 2.69. The molecule has 0 radical (unpaired) electrons. The van der Waals surface area contributed by atoms with Crippen molar-refractivity contribution in [3.8, 4) is 0 Å². The van der Waals surface area contributed by atoms with Crippen LogP contribution in [0.15, 0.2) is 34.5 Å². The Bertz CT molecular complexity index is 757. The summed E-state index contributed by atoms with van der Waals surface area (Å²) in [7, 11) is 0. The SMILES string of the molecule is CSc1ncc2c(n1)CC(=O)C(c1c(Cl)cccc1Cl)=N2. The Morgan fingerprint density at radius 2 is 1.95 bits per heavy atom. The number of aromatic nitrogens is 2. The molecule has 1 aromatic carbocycles. The molecule has 0 bridgehead atoms. The number of carbonyl (C=O) groups excluding carboxylic acids is 1. The lowest BCUT2D eigenvalue weighted by Crippen LogP contribution is -2.23. The Morgan fingerprint density at radius 1 is 1.24 bits per heavy atom. The van der Waals surface area contributed by atoms with Gasteiger partial charge < -0.3 is 0 Å². The maximum Gasteiger partial charge on any atom is 0.187 e. The van der Waals surface area contributed by atoms with Gasteiger partial charge in [-0.2, -0.15) is 0 Å². The van der Waals surface area contributed by atoms with E-state index in [1.165, 1.54) is 11.8 Å². The first-order chi connectivity index (χ1) is 10.1. The van der Waals surface area contributed by atoms with Gasteiger partial charge >= 0.3 is 0 Å². The van der Waals surface area contributed by atoms with Crippen molar-refractivity contribution in [2.45, 2.75) is 11.6 Å². The highest BCUT2D eigenvalue weighted by molar-refractivity contribution is 7.98. The highest BCUT2D eigenvalue weighted by Gasteiger charge is 2.26. The minimum absolute atomic E-state index is 0.150. The summed E-state index contributed by atoms with van der Waals surface area (Å²) in [5.41, 5.74) is 1.94. The number of thioether (sulfide) groups is 1. The molecule has 0 spiro atoms. The fourth-order valence-electron chi connectivity index (χ4n) is 2.05. The van der Waals surface area contributed by atoms with Gasteiger partial charge in [-0.05, 0) is 18.4 Å². The van der Waals surface area contributed by atoms with Crippen LogP contribution in [0.25, 0.3) is 0 Å². The lowest BCUT2D eigenvalue weighted by atomic mass is 9.99. The molecule has 2 aromatic rings. The number of fused-ring (bicyclic) bond motifs is 1. The highest BCUT2D eigenvalue weighted by atomic mass is 35.5. The van der Waals surface area contributed by atoms with Crippen LogP contribution in [0.2, 0.25) is 10.0 Å². The molecule has 0 unspecified atom stereocenters. The molecule has 21 heavy (non-hydrogen) atoms. The summed E-state index contributed by atoms with van der Waals surface area (Å²) in [6.07, 6.45) is 3.67. The maximum atomic E-state index is 12.3. The van der Waals surface area contributed by atoms with Crippen LogP contribution in [0.4, 0.5) is 5.69 Å². The molecule has 0 N–H and O–H groups in total. The van der Waals surface area contributed by atoms with Gasteiger partial charge in [0, 0.05) is 5.56 Å². The number of halogens is 2. The average molecular weight is 338 g/mol. The van der Waals surface area contributed by atoms with E-state index in [2.05, 4.69) is 15.0 Å². The zero-order chi connectivity index (χ0) is 15.0. The minimum Gasteiger partial charge on any atom is -0.292 e. The van der Waals surface area contributed by atoms with Crippen LogP contribution in [0.3, 0.4) is 0 Å². The quantitative estimate of drug-likeness (QED) is 0.618. The Kier molecular flexibility index (Phi) is 3.97. The standard InChI is InChI=1S/C14H9Cl2N3OS/c1-21-14-17-6-10-9(19-14)5-11(20)13(18-10)12-7(15)3-2-4-8(12)16/h2-4,6H,5H2,1H3. The molecule has 0 amide bonds. The van der Waals surface area contributed by atoms with Crippen LogP contribution in [0, 0.1) is 0 Å². The number of nitrogens with zero attached hydrogens (tertiary/aromatic N) is 3. The summed E-state index contributed by atoms with van der Waals surface area (Å²) in [6.45, 7) is 0. The van der Waals surface area contributed by atoms with E-state index in [0.717, 1.165) is 0 Å². The first kappa shape index (κ1) is 14.5. The molecule has 7 heteroatoms. The van der Waals surface area contributed by atoms with Gasteiger partial charge in [0.1, 0.15) is 11.4 Å². The molecular weight excluding hydrogens is 329 g/mol. The molecule has 3 rings (SSSR count). The van der Waals surface area contributed by atoms with E-state index < -0.39 is 0 Å². The second-order valence-corrected chi connectivity index (χ2v) is 5.93. The number of Topliss-reactive ketones (excluding diaryl/α,β-unsaturated/α-hetero) is 1. The Morgan fingerprint density at radius 3 is 2.62 bits per heavy atom. The lowest BCUT2D eigenvalue weighted by molar-refractivity contribution is -0.112. The predicted molar refractivity (Wildman–Crippen MR) is 85.2 cm³/mol. The largest absolute Gasteiger partial charge is 0.292 e. The van der Waals surface area contributed by atoms with Crippen molar-refractivity contribution in [3.63, 3.8) is 0 Å². The lowest BCUT2D eigenvalue weighted by Gasteiger charge is -2.15. The molecule has 1 aliphatic heterocycles. The van der Waals surface area contributed by atoms with E-state index in [0.29, 0.717) is 32.1 Å². The first-order valence-electron chi connectivity index (χ1n) is 6.06. The molecule has 0 fully saturated rings. The molecule has 0 saturated carbocycles. The fourth-order valence-corrected chi connectivity index (χ4v) is 2.99. The number of hydrogen-bond donors (Lipinski definition) is 0. The van der Waals surface area contributed by atoms with Crippen LogP contribution >= 0.6 is 35.0 Å². The summed E-state index contributed by atoms with van der Waals surface area (Å²) in [4.78, 5) is 25.2. The average Bonchev–Trinajstić information content (AvgIpc) is 2.47. The van der Waals surface area contributed by atoms with E-state index >= 15 is 0 Å². The van der Waals surface area contributed by atoms with Crippen molar-refractivity contribution in [1.29, 1.82) is 0 Å². The summed E-state index contributed by atoms with van der Waals surface area (Å²) in [6, 6.07) is 5.09. The number of carbonyl (C=O) groups is 1. The third-order valence-electron chi connectivity index (χ3n) is 3.03. The number of ketones is 1. The van der Waals surface area contributed by atoms with Crippen molar-refractivity contribution < 1.29 is 4.79 Å². The molecule has 0 saturated heterocycles. The Hall–Kier alpha value is -1.43. The van der Waals surface area contributed by atoms with Crippen LogP contribution in [-0.2, 0) is 11.2 Å². The second kappa shape index (κ2) is 5.75. The maximum absolute atomic E-state index is 12.3. The molecule has 0 atom stereocenters. The van der Waals surface area contributed by atoms with Gasteiger partial charge in [-0.25, -0.2) is 15.0 Å². The van der Waals surface area contributed by atoms with Gasteiger partial charge in [-0.3, -0.25) is 4.79 Å². The topological polar surface area (TPSA) is 55.2 Å². The first-order valence-corrected chi connectivity index (χ1v) is 8.04. The van der Waals surface area contributed by atoms with Gasteiger partial charge in [0.05, 0.1) is 28.4 Å². The normalized spacial score (nSPS) is 13.9. The molecule has 1 aliphatic rings. The van der Waals surface area contributed by atoms with Crippen LogP contribution in [-0.4, -0.2) is 27.7 Å². The van der Waals surface area contributed by atoms with Crippen LogP contribution in [0.5, 0.6) is 0 Å². The van der Waals surface area contributed by atoms with Crippen LogP contribution in [0.1, 0.15) is 11.3 Å². The van der Waals surface area contributed by atoms with Crippen molar-refractivity contribution in [1.82, 2.24) is 9.97 Å². The highest BCUT2D eigenvalue weighted by Crippen LogP contribution is 2.31. The van der Waals surface area contributed by atoms with Crippen molar-refractivity contribution in [3.05, 3.63) is 45.7 Å². The van der Waals surface area contributed by atoms with Gasteiger partial charge in [-0.15, -0.1) is 0 Å². The molecule has 0 aliphatic carbocycles. The third-order valence-corrected chi connectivity index (χ3v) is 4.22. The number of benzene rings is 1. The Labute approximate surface area is 135 Å². The molecule has 1 aromatic heterocycles. The van der Waals surface area contributed by atoms with E-state index in [4.69, 9.17) is 23.2 Å². The number of hydrogen-bond acceptors (Lipinski definition) is 5. The van der Waals surface area contributed by atoms with Crippen LogP contribution < -0.4 is 0 Å². The van der Waals surface area contributed by atoms with E-state index in [-0.39, 0.29) is 17.9 Å². The number of aliphatic imine (C=N–C) groups is 1. The van der Waals surface area contributed by atoms with E-state index in [1.807, 2.05) is 6.26 Å². The second-order valence-electron chi connectivity index (χ2n) is 4.35. The molecule has 4 nitrogen and oxygen atoms in total. The van der Waals surface area contributed by atoms with Gasteiger partial charge in [-0.1, -0.05) is 41.0 Å². The molecule has 106 valence electrons. The molecular formula is C14H9Cl2N3OS. The zero-order valence-electron chi connectivity index (χ0n) is 10.9. The van der Waals surface area contributed by atoms with E-state index in [9.17, 15) is 4.79 Å². The summed E-state index contributed by atoms with van der Waals surface area (Å²) < 4.78 is 0. The summed E-state index contributed by atoms with van der Waals surface area (Å²) >= 11 is 13.7. The predicted octanol–water partition coefficient (Wildman–Crippen LogP) is 3.75. The molecule has 2 heterocycles. The summed E-state index contributed by atoms with van der Waals surface area (Å²) in [5, 5.41) is 1.43. The monoisotopic (exact) mass is 337 g/mol. The van der Waals surface area contributed by atoms with Gasteiger partial charge in [0.15, 0.2) is 10.9 Å². The van der Waals surface area contributed by atoms with Crippen molar-refractivity contribution >= 4 is 52.1 Å². The number of rotatable bonds is 2. The van der Waals surface area contributed by atoms with Gasteiger partial charge in [0.2, 0.25) is 0 Å². The van der Waals surface area contributed by atoms with Gasteiger partial charge in [0.25, 0.3) is 0 Å². The van der Waals surface area contributed by atoms with E-state index in [1.54, 1.807) is 24.4 Å². The van der Waals surface area contributed by atoms with Crippen molar-refractivity contribution in [2.24, 2.45) is 4.99 Å². The fraction of sp³-hybridized carbons (Fsp3) is 0.143. The van der Waals surface area contributed by atoms with Crippen molar-refractivity contribution in [2.75, 3.05) is 6.26 Å². The zero-order valence-corrected chi connectivity index (χ0v) is 13.3. The minimum atomic E-state index is -0.150.